The van der Waals surface area contributed by atoms with Crippen molar-refractivity contribution in [3.8, 4) is 0 Å². The third kappa shape index (κ3) is 4.05. The minimum atomic E-state index is -0.435. The molecule has 2 amide bonds. The van der Waals surface area contributed by atoms with Crippen molar-refractivity contribution < 1.29 is 14.0 Å². The summed E-state index contributed by atoms with van der Waals surface area (Å²) in [6.45, 7) is 0.376. The SMILES string of the molecule is O=C1CCCCC(CNC(=O)c2cccc(F)c2)N1. The normalized spacial score (nSPS) is 19.4. The van der Waals surface area contributed by atoms with E-state index in [0.717, 1.165) is 19.3 Å². The Balaban J connectivity index is 1.87. The summed E-state index contributed by atoms with van der Waals surface area (Å²) in [5.41, 5.74) is 0.292. The van der Waals surface area contributed by atoms with Crippen LogP contribution in [-0.4, -0.2) is 24.4 Å². The molecule has 19 heavy (non-hydrogen) atoms. The monoisotopic (exact) mass is 264 g/mol. The van der Waals surface area contributed by atoms with E-state index in [4.69, 9.17) is 0 Å². The van der Waals surface area contributed by atoms with Crippen LogP contribution >= 0.6 is 0 Å². The molecule has 1 aromatic carbocycles. The first-order chi connectivity index (χ1) is 9.15. The highest BCUT2D eigenvalue weighted by atomic mass is 19.1. The molecule has 1 aliphatic rings. The van der Waals surface area contributed by atoms with E-state index in [1.54, 1.807) is 6.07 Å². The van der Waals surface area contributed by atoms with Gasteiger partial charge in [-0.15, -0.1) is 0 Å². The largest absolute Gasteiger partial charge is 0.352 e. The first-order valence-corrected chi connectivity index (χ1v) is 6.48. The maximum Gasteiger partial charge on any atom is 0.251 e. The van der Waals surface area contributed by atoms with Gasteiger partial charge in [0.25, 0.3) is 5.91 Å². The lowest BCUT2D eigenvalue weighted by Crippen LogP contribution is -2.42. The average Bonchev–Trinajstić information content (AvgIpc) is 2.60. The molecular weight excluding hydrogens is 247 g/mol. The van der Waals surface area contributed by atoms with Crippen LogP contribution in [-0.2, 0) is 4.79 Å². The van der Waals surface area contributed by atoms with Crippen molar-refractivity contribution in [2.24, 2.45) is 0 Å². The summed E-state index contributed by atoms with van der Waals surface area (Å²) in [7, 11) is 0. The fourth-order valence-electron chi connectivity index (χ4n) is 2.15. The van der Waals surface area contributed by atoms with E-state index in [0.29, 0.717) is 18.5 Å². The molecular formula is C14H17FN2O2. The second-order valence-corrected chi connectivity index (χ2v) is 4.73. The maximum absolute atomic E-state index is 13.0. The maximum atomic E-state index is 13.0. The molecule has 102 valence electrons. The van der Waals surface area contributed by atoms with Crippen molar-refractivity contribution in [2.75, 3.05) is 6.54 Å². The fraction of sp³-hybridized carbons (Fsp3) is 0.429. The van der Waals surface area contributed by atoms with Gasteiger partial charge in [-0.1, -0.05) is 12.5 Å². The van der Waals surface area contributed by atoms with Gasteiger partial charge in [0.1, 0.15) is 5.82 Å². The fourth-order valence-corrected chi connectivity index (χ4v) is 2.15. The Morgan fingerprint density at radius 2 is 2.26 bits per heavy atom. The topological polar surface area (TPSA) is 58.2 Å². The molecule has 1 fully saturated rings. The summed E-state index contributed by atoms with van der Waals surface area (Å²) in [6, 6.07) is 5.51. The third-order valence-electron chi connectivity index (χ3n) is 3.17. The smallest absolute Gasteiger partial charge is 0.251 e. The van der Waals surface area contributed by atoms with E-state index >= 15 is 0 Å². The Hall–Kier alpha value is -1.91. The molecule has 4 nitrogen and oxygen atoms in total. The molecule has 5 heteroatoms. The molecule has 0 saturated carbocycles. The second kappa shape index (κ2) is 6.31. The first-order valence-electron chi connectivity index (χ1n) is 6.48. The summed E-state index contributed by atoms with van der Waals surface area (Å²) in [5, 5.41) is 5.59. The summed E-state index contributed by atoms with van der Waals surface area (Å²) in [4.78, 5) is 23.2. The third-order valence-corrected chi connectivity index (χ3v) is 3.17. The molecule has 0 aromatic heterocycles. The van der Waals surface area contributed by atoms with Crippen LogP contribution < -0.4 is 10.6 Å². The van der Waals surface area contributed by atoms with E-state index < -0.39 is 5.82 Å². The van der Waals surface area contributed by atoms with Crippen molar-refractivity contribution in [1.82, 2.24) is 10.6 Å². The van der Waals surface area contributed by atoms with E-state index in [1.165, 1.54) is 18.2 Å². The van der Waals surface area contributed by atoms with Gasteiger partial charge in [-0.05, 0) is 31.0 Å². The molecule has 1 aromatic rings. The lowest BCUT2D eigenvalue weighted by atomic mass is 10.1. The van der Waals surface area contributed by atoms with Gasteiger partial charge in [0.2, 0.25) is 5.91 Å². The Bertz CT molecular complexity index is 476. The molecule has 1 unspecified atom stereocenters. The molecule has 2 N–H and O–H groups in total. The lowest BCUT2D eigenvalue weighted by Gasteiger charge is -2.16. The van der Waals surface area contributed by atoms with Crippen molar-refractivity contribution in [2.45, 2.75) is 31.7 Å². The van der Waals surface area contributed by atoms with Crippen LogP contribution in [0.25, 0.3) is 0 Å². The van der Waals surface area contributed by atoms with Crippen molar-refractivity contribution in [1.29, 1.82) is 0 Å². The Kier molecular flexibility index (Phi) is 4.49. The van der Waals surface area contributed by atoms with Gasteiger partial charge >= 0.3 is 0 Å². The standard InChI is InChI=1S/C14H17FN2O2/c15-11-5-3-4-10(8-11)14(19)16-9-12-6-1-2-7-13(18)17-12/h3-5,8,12H,1-2,6-7,9H2,(H,16,19)(H,17,18). The molecule has 1 aliphatic heterocycles. The predicted octanol–water partition coefficient (Wildman–Crippen LogP) is 1.61. The molecule has 1 saturated heterocycles. The number of halogens is 1. The molecule has 0 spiro atoms. The highest BCUT2D eigenvalue weighted by Gasteiger charge is 2.17. The number of benzene rings is 1. The van der Waals surface area contributed by atoms with Crippen molar-refractivity contribution in [3.05, 3.63) is 35.6 Å². The molecule has 0 aliphatic carbocycles. The molecule has 1 heterocycles. The highest BCUT2D eigenvalue weighted by molar-refractivity contribution is 5.94. The number of carbonyl (C=O) groups excluding carboxylic acids is 2. The van der Waals surface area contributed by atoms with Gasteiger partial charge in [0, 0.05) is 24.6 Å². The number of amides is 2. The van der Waals surface area contributed by atoms with Gasteiger partial charge < -0.3 is 10.6 Å². The van der Waals surface area contributed by atoms with Crippen LogP contribution in [0.4, 0.5) is 4.39 Å². The molecule has 0 radical (unpaired) electrons. The van der Waals surface area contributed by atoms with E-state index in [-0.39, 0.29) is 17.9 Å². The quantitative estimate of drug-likeness (QED) is 0.871. The molecule has 1 atom stereocenters. The zero-order valence-electron chi connectivity index (χ0n) is 10.6. The van der Waals surface area contributed by atoms with Crippen molar-refractivity contribution in [3.63, 3.8) is 0 Å². The molecule has 2 rings (SSSR count). The highest BCUT2D eigenvalue weighted by Crippen LogP contribution is 2.09. The Morgan fingerprint density at radius 3 is 3.05 bits per heavy atom. The van der Waals surface area contributed by atoms with Gasteiger partial charge in [-0.25, -0.2) is 4.39 Å². The first kappa shape index (κ1) is 13.5. The van der Waals surface area contributed by atoms with Gasteiger partial charge in [0.15, 0.2) is 0 Å². The minimum Gasteiger partial charge on any atom is -0.352 e. The zero-order chi connectivity index (χ0) is 13.7. The Morgan fingerprint density at radius 1 is 1.42 bits per heavy atom. The van der Waals surface area contributed by atoms with Crippen LogP contribution in [0.2, 0.25) is 0 Å². The number of carbonyl (C=O) groups is 2. The van der Waals surface area contributed by atoms with Gasteiger partial charge in [-0.3, -0.25) is 9.59 Å². The van der Waals surface area contributed by atoms with Crippen molar-refractivity contribution >= 4 is 11.8 Å². The number of nitrogens with one attached hydrogen (secondary N) is 2. The van der Waals surface area contributed by atoms with Crippen LogP contribution in [0.1, 0.15) is 36.0 Å². The van der Waals surface area contributed by atoms with E-state index in [2.05, 4.69) is 10.6 Å². The van der Waals surface area contributed by atoms with Gasteiger partial charge in [0.05, 0.1) is 0 Å². The average molecular weight is 264 g/mol. The zero-order valence-corrected chi connectivity index (χ0v) is 10.6. The van der Waals surface area contributed by atoms with E-state index in [1.807, 2.05) is 0 Å². The summed E-state index contributed by atoms with van der Waals surface area (Å²) in [6.07, 6.45) is 3.27. The predicted molar refractivity (Wildman–Crippen MR) is 69.1 cm³/mol. The second-order valence-electron chi connectivity index (χ2n) is 4.73. The van der Waals surface area contributed by atoms with E-state index in [9.17, 15) is 14.0 Å². The number of hydrogen-bond donors (Lipinski definition) is 2. The summed E-state index contributed by atoms with van der Waals surface area (Å²) in [5.74, 6) is -0.726. The lowest BCUT2D eigenvalue weighted by molar-refractivity contribution is -0.121. The number of rotatable bonds is 3. The van der Waals surface area contributed by atoms with Crippen LogP contribution in [0.15, 0.2) is 24.3 Å². The van der Waals surface area contributed by atoms with Crippen LogP contribution in [0.3, 0.4) is 0 Å². The minimum absolute atomic E-state index is 0.0301. The van der Waals surface area contributed by atoms with Gasteiger partial charge in [-0.2, -0.15) is 0 Å². The number of hydrogen-bond acceptors (Lipinski definition) is 2. The van der Waals surface area contributed by atoms with Crippen LogP contribution in [0, 0.1) is 5.82 Å². The molecule has 0 bridgehead atoms. The van der Waals surface area contributed by atoms with Crippen LogP contribution in [0.5, 0.6) is 0 Å². The summed E-state index contributed by atoms with van der Waals surface area (Å²) < 4.78 is 13.0. The summed E-state index contributed by atoms with van der Waals surface area (Å²) >= 11 is 0. The Labute approximate surface area is 111 Å².